The van der Waals surface area contributed by atoms with Gasteiger partial charge in [-0.15, -0.1) is 0 Å². The standard InChI is InChI=1S/C27H24ClFN4S/c1-16-13-21(10-11-23(16)29)33-26(25(31-27(33)34)24-9-4-5-12-30-24)22-14-17(2)32(18(22)3)20-8-6-7-19(28)15-20/h4-15,25-26H,1-3H3,(H,31,34)/t25-,26-/m1/s1. The minimum Gasteiger partial charge on any atom is -0.351 e. The first-order valence-electron chi connectivity index (χ1n) is 11.1. The SMILES string of the molecule is Cc1cc(N2C(=S)N[C@H](c3ccccn3)[C@H]2c2cc(C)n(-c3cccc(Cl)c3)c2C)ccc1F. The third-order valence-electron chi connectivity index (χ3n) is 6.37. The highest BCUT2D eigenvalue weighted by atomic mass is 35.5. The maximum Gasteiger partial charge on any atom is 0.174 e. The molecule has 4 aromatic rings. The van der Waals surface area contributed by atoms with Crippen molar-refractivity contribution in [3.63, 3.8) is 0 Å². The van der Waals surface area contributed by atoms with Crippen molar-refractivity contribution in [3.8, 4) is 5.69 Å². The molecule has 0 radical (unpaired) electrons. The van der Waals surface area contributed by atoms with Crippen LogP contribution < -0.4 is 10.2 Å². The Bertz CT molecular complexity index is 1380. The molecule has 3 heterocycles. The van der Waals surface area contributed by atoms with E-state index < -0.39 is 0 Å². The zero-order valence-electron chi connectivity index (χ0n) is 19.1. The monoisotopic (exact) mass is 490 g/mol. The van der Waals surface area contributed by atoms with Gasteiger partial charge in [0.2, 0.25) is 0 Å². The molecule has 2 aromatic heterocycles. The van der Waals surface area contributed by atoms with E-state index in [1.807, 2.05) is 48.5 Å². The van der Waals surface area contributed by atoms with E-state index >= 15 is 0 Å². The molecule has 1 N–H and O–H groups in total. The van der Waals surface area contributed by atoms with E-state index in [1.54, 1.807) is 19.2 Å². The number of halogens is 2. The predicted octanol–water partition coefficient (Wildman–Crippen LogP) is 6.77. The smallest absolute Gasteiger partial charge is 0.174 e. The van der Waals surface area contributed by atoms with Crippen LogP contribution in [0.1, 0.15) is 40.3 Å². The Morgan fingerprint density at radius 1 is 0.971 bits per heavy atom. The number of aromatic nitrogens is 2. The average molecular weight is 491 g/mol. The van der Waals surface area contributed by atoms with Crippen LogP contribution in [0, 0.1) is 26.6 Å². The summed E-state index contributed by atoms with van der Waals surface area (Å²) in [5.74, 6) is -0.237. The van der Waals surface area contributed by atoms with Crippen molar-refractivity contribution in [1.82, 2.24) is 14.9 Å². The second-order valence-corrected chi connectivity index (χ2v) is 9.39. The zero-order valence-corrected chi connectivity index (χ0v) is 20.7. The average Bonchev–Trinajstić information content (AvgIpc) is 3.31. The number of nitrogens with one attached hydrogen (secondary N) is 1. The molecule has 0 amide bonds. The van der Waals surface area contributed by atoms with Crippen molar-refractivity contribution in [2.24, 2.45) is 0 Å². The molecule has 2 aromatic carbocycles. The van der Waals surface area contributed by atoms with Gasteiger partial charge in [-0.05, 0) is 98.7 Å². The van der Waals surface area contributed by atoms with Crippen LogP contribution in [0.5, 0.6) is 0 Å². The van der Waals surface area contributed by atoms with E-state index in [0.717, 1.165) is 34.0 Å². The van der Waals surface area contributed by atoms with Crippen molar-refractivity contribution in [2.45, 2.75) is 32.9 Å². The lowest BCUT2D eigenvalue weighted by Crippen LogP contribution is -2.29. The molecule has 0 saturated carbocycles. The topological polar surface area (TPSA) is 33.1 Å². The van der Waals surface area contributed by atoms with Crippen LogP contribution >= 0.6 is 23.8 Å². The van der Waals surface area contributed by atoms with Gasteiger partial charge in [0.15, 0.2) is 5.11 Å². The molecule has 0 bridgehead atoms. The van der Waals surface area contributed by atoms with Gasteiger partial charge in [-0.2, -0.15) is 0 Å². The number of hydrogen-bond donors (Lipinski definition) is 1. The number of aryl methyl sites for hydroxylation is 2. The second-order valence-electron chi connectivity index (χ2n) is 8.57. The first-order valence-corrected chi connectivity index (χ1v) is 11.9. The number of anilines is 1. The van der Waals surface area contributed by atoms with Gasteiger partial charge in [0, 0.05) is 34.0 Å². The van der Waals surface area contributed by atoms with Crippen LogP contribution in [0.4, 0.5) is 10.1 Å². The van der Waals surface area contributed by atoms with E-state index in [2.05, 4.69) is 39.7 Å². The molecule has 1 aliphatic rings. The summed E-state index contributed by atoms with van der Waals surface area (Å²) in [5, 5.41) is 4.74. The van der Waals surface area contributed by atoms with Crippen molar-refractivity contribution >= 4 is 34.6 Å². The van der Waals surface area contributed by atoms with Gasteiger partial charge < -0.3 is 14.8 Å². The lowest BCUT2D eigenvalue weighted by Gasteiger charge is -2.28. The molecular weight excluding hydrogens is 467 g/mol. The maximum absolute atomic E-state index is 14.1. The molecule has 5 rings (SSSR count). The normalized spacial score (nSPS) is 17.8. The Hall–Kier alpha value is -3.22. The molecule has 34 heavy (non-hydrogen) atoms. The number of benzene rings is 2. The highest BCUT2D eigenvalue weighted by Gasteiger charge is 2.42. The summed E-state index contributed by atoms with van der Waals surface area (Å²) in [6, 6.07) is 20.7. The fourth-order valence-electron chi connectivity index (χ4n) is 4.83. The largest absolute Gasteiger partial charge is 0.351 e. The molecule has 1 saturated heterocycles. The molecule has 0 aliphatic carbocycles. The van der Waals surface area contributed by atoms with E-state index in [-0.39, 0.29) is 17.9 Å². The Balaban J connectivity index is 1.69. The lowest BCUT2D eigenvalue weighted by atomic mass is 9.96. The van der Waals surface area contributed by atoms with Gasteiger partial charge >= 0.3 is 0 Å². The fraction of sp³-hybridized carbons (Fsp3) is 0.185. The molecule has 0 unspecified atom stereocenters. The first kappa shape index (κ1) is 22.6. The highest BCUT2D eigenvalue weighted by molar-refractivity contribution is 7.80. The van der Waals surface area contributed by atoms with Crippen LogP contribution in [0.3, 0.4) is 0 Å². The van der Waals surface area contributed by atoms with Crippen LogP contribution in [0.15, 0.2) is 72.9 Å². The van der Waals surface area contributed by atoms with E-state index in [1.165, 1.54) is 6.07 Å². The first-order chi connectivity index (χ1) is 16.3. The van der Waals surface area contributed by atoms with Crippen molar-refractivity contribution < 1.29 is 4.39 Å². The zero-order chi connectivity index (χ0) is 24.0. The maximum atomic E-state index is 14.1. The van der Waals surface area contributed by atoms with Gasteiger partial charge in [-0.3, -0.25) is 4.98 Å². The van der Waals surface area contributed by atoms with Crippen LogP contribution in [0.25, 0.3) is 5.69 Å². The minimum atomic E-state index is -0.237. The molecule has 1 fully saturated rings. The molecule has 0 spiro atoms. The fourth-order valence-corrected chi connectivity index (χ4v) is 5.36. The number of pyridine rings is 1. The van der Waals surface area contributed by atoms with Gasteiger partial charge in [-0.1, -0.05) is 23.7 Å². The Morgan fingerprint density at radius 2 is 1.79 bits per heavy atom. The molecule has 4 nitrogen and oxygen atoms in total. The third kappa shape index (κ3) is 3.87. The summed E-state index contributed by atoms with van der Waals surface area (Å²) >= 11 is 12.1. The number of thiocarbonyl (C=S) groups is 1. The molecule has 7 heteroatoms. The van der Waals surface area contributed by atoms with Crippen LogP contribution in [0.2, 0.25) is 5.02 Å². The Morgan fingerprint density at radius 3 is 2.50 bits per heavy atom. The van der Waals surface area contributed by atoms with E-state index in [4.69, 9.17) is 23.8 Å². The van der Waals surface area contributed by atoms with Gasteiger partial charge in [0.25, 0.3) is 0 Å². The minimum absolute atomic E-state index is 0.174. The van der Waals surface area contributed by atoms with Crippen molar-refractivity contribution in [1.29, 1.82) is 0 Å². The summed E-state index contributed by atoms with van der Waals surface area (Å²) in [4.78, 5) is 6.70. The lowest BCUT2D eigenvalue weighted by molar-refractivity contribution is 0.564. The van der Waals surface area contributed by atoms with Crippen LogP contribution in [-0.2, 0) is 0 Å². The molecular formula is C27H24ClFN4S. The third-order valence-corrected chi connectivity index (χ3v) is 6.92. The van der Waals surface area contributed by atoms with Gasteiger partial charge in [0.05, 0.1) is 17.8 Å². The summed E-state index contributed by atoms with van der Waals surface area (Å²) in [7, 11) is 0. The van der Waals surface area contributed by atoms with Crippen molar-refractivity contribution in [3.05, 3.63) is 112 Å². The Kier molecular flexibility index (Phi) is 5.88. The quantitative estimate of drug-likeness (QED) is 0.320. The predicted molar refractivity (Wildman–Crippen MR) is 139 cm³/mol. The second kappa shape index (κ2) is 8.85. The van der Waals surface area contributed by atoms with Crippen molar-refractivity contribution in [2.75, 3.05) is 4.90 Å². The Labute approximate surface area is 209 Å². The number of rotatable bonds is 4. The van der Waals surface area contributed by atoms with E-state index in [0.29, 0.717) is 15.7 Å². The molecule has 1 aliphatic heterocycles. The summed E-state index contributed by atoms with van der Waals surface area (Å²) in [6.45, 7) is 5.95. The summed E-state index contributed by atoms with van der Waals surface area (Å²) in [6.07, 6.45) is 1.79. The van der Waals surface area contributed by atoms with E-state index in [9.17, 15) is 4.39 Å². The number of hydrogen-bond acceptors (Lipinski definition) is 2. The molecule has 172 valence electrons. The van der Waals surface area contributed by atoms with Gasteiger partial charge in [0.1, 0.15) is 5.82 Å². The summed E-state index contributed by atoms with van der Waals surface area (Å²) < 4.78 is 16.3. The summed E-state index contributed by atoms with van der Waals surface area (Å²) in [5.41, 5.74) is 6.59. The van der Waals surface area contributed by atoms with Gasteiger partial charge in [-0.25, -0.2) is 4.39 Å². The van der Waals surface area contributed by atoms with Crippen LogP contribution in [-0.4, -0.2) is 14.7 Å². The number of nitrogens with zero attached hydrogens (tertiary/aromatic N) is 3. The molecule has 2 atom stereocenters. The highest BCUT2D eigenvalue weighted by Crippen LogP contribution is 2.44.